The maximum Gasteiger partial charge on any atom is 0.291 e. The fraction of sp³-hybridized carbons (Fsp3) is 0.105. The topological polar surface area (TPSA) is 59.3 Å². The van der Waals surface area contributed by atoms with Crippen molar-refractivity contribution in [3.63, 3.8) is 0 Å². The van der Waals surface area contributed by atoms with Crippen molar-refractivity contribution in [2.45, 2.75) is 13.5 Å². The molecule has 0 saturated heterocycles. The molecule has 3 aromatic rings. The molecule has 1 N–H and O–H groups in total. The van der Waals surface area contributed by atoms with Crippen molar-refractivity contribution < 1.29 is 4.79 Å². The summed E-state index contributed by atoms with van der Waals surface area (Å²) in [7, 11) is 0. The fourth-order valence-electron chi connectivity index (χ4n) is 2.22. The number of carbonyl (C=O) groups is 1. The first-order valence-corrected chi connectivity index (χ1v) is 8.57. The first-order chi connectivity index (χ1) is 12.1. The molecule has 0 spiro atoms. The molecule has 0 saturated carbocycles. The largest absolute Gasteiger partial charge is 0.291 e. The third kappa shape index (κ3) is 4.87. The van der Waals surface area contributed by atoms with Gasteiger partial charge >= 0.3 is 0 Å². The number of nitrogens with zero attached hydrogens (tertiary/aromatic N) is 3. The molecule has 0 bridgehead atoms. The molecule has 0 radical (unpaired) electrons. The van der Waals surface area contributed by atoms with Gasteiger partial charge in [-0.2, -0.15) is 10.2 Å². The van der Waals surface area contributed by atoms with Crippen LogP contribution in [0.25, 0.3) is 0 Å². The number of aromatic nitrogens is 2. The molecule has 1 amide bonds. The summed E-state index contributed by atoms with van der Waals surface area (Å²) >= 11 is 3.41. The molecular formula is C19H17BrN4O. The zero-order valence-electron chi connectivity index (χ0n) is 13.7. The summed E-state index contributed by atoms with van der Waals surface area (Å²) in [4.78, 5) is 12.1. The Morgan fingerprint density at radius 2 is 1.88 bits per heavy atom. The molecule has 3 rings (SSSR count). The fourth-order valence-corrected chi connectivity index (χ4v) is 2.49. The van der Waals surface area contributed by atoms with E-state index in [0.29, 0.717) is 12.2 Å². The number of carbonyl (C=O) groups excluding carboxylic acids is 1. The van der Waals surface area contributed by atoms with Crippen LogP contribution in [0.15, 0.2) is 70.4 Å². The summed E-state index contributed by atoms with van der Waals surface area (Å²) in [6.07, 6.45) is 3.39. The van der Waals surface area contributed by atoms with Gasteiger partial charge in [-0.15, -0.1) is 0 Å². The van der Waals surface area contributed by atoms with Crippen molar-refractivity contribution >= 4 is 28.1 Å². The van der Waals surface area contributed by atoms with E-state index >= 15 is 0 Å². The number of nitrogens with one attached hydrogen (secondary N) is 1. The molecule has 5 nitrogen and oxygen atoms in total. The molecular weight excluding hydrogens is 380 g/mol. The van der Waals surface area contributed by atoms with Crippen LogP contribution >= 0.6 is 15.9 Å². The highest BCUT2D eigenvalue weighted by molar-refractivity contribution is 9.10. The molecule has 0 aliphatic rings. The molecule has 2 aromatic carbocycles. The first kappa shape index (κ1) is 17.1. The normalized spacial score (nSPS) is 11.0. The van der Waals surface area contributed by atoms with E-state index in [1.54, 1.807) is 23.2 Å². The second kappa shape index (κ2) is 7.90. The number of aryl methyl sites for hydroxylation is 1. The minimum atomic E-state index is -0.335. The van der Waals surface area contributed by atoms with Gasteiger partial charge in [-0.3, -0.25) is 9.48 Å². The van der Waals surface area contributed by atoms with E-state index in [4.69, 9.17) is 0 Å². The Morgan fingerprint density at radius 3 is 2.60 bits per heavy atom. The van der Waals surface area contributed by atoms with Gasteiger partial charge in [0.25, 0.3) is 5.91 Å². The number of amides is 1. The Hall–Kier alpha value is -2.73. The third-order valence-corrected chi connectivity index (χ3v) is 4.12. The summed E-state index contributed by atoms with van der Waals surface area (Å²) in [6, 6.07) is 17.5. The van der Waals surface area contributed by atoms with Crippen LogP contribution in [0.5, 0.6) is 0 Å². The molecule has 126 valence electrons. The van der Waals surface area contributed by atoms with Gasteiger partial charge in [-0.05, 0) is 36.2 Å². The van der Waals surface area contributed by atoms with Crippen molar-refractivity contribution in [2.75, 3.05) is 0 Å². The van der Waals surface area contributed by atoms with Crippen LogP contribution in [0.2, 0.25) is 0 Å². The summed E-state index contributed by atoms with van der Waals surface area (Å²) < 4.78 is 2.75. The van der Waals surface area contributed by atoms with Crippen LogP contribution in [0.1, 0.15) is 27.2 Å². The molecule has 25 heavy (non-hydrogen) atoms. The van der Waals surface area contributed by atoms with Crippen LogP contribution in [-0.2, 0) is 6.54 Å². The number of hydrogen-bond acceptors (Lipinski definition) is 3. The van der Waals surface area contributed by atoms with Gasteiger partial charge in [0, 0.05) is 10.7 Å². The Balaban J connectivity index is 1.58. The Labute approximate surface area is 154 Å². The van der Waals surface area contributed by atoms with Crippen molar-refractivity contribution in [1.82, 2.24) is 15.2 Å². The van der Waals surface area contributed by atoms with E-state index in [1.807, 2.05) is 55.5 Å². The molecule has 0 unspecified atom stereocenters. The van der Waals surface area contributed by atoms with Crippen molar-refractivity contribution in [1.29, 1.82) is 0 Å². The summed E-state index contributed by atoms with van der Waals surface area (Å²) in [5, 5.41) is 8.26. The van der Waals surface area contributed by atoms with E-state index in [2.05, 4.69) is 31.6 Å². The summed E-state index contributed by atoms with van der Waals surface area (Å²) in [5.74, 6) is -0.335. The van der Waals surface area contributed by atoms with Gasteiger partial charge < -0.3 is 0 Å². The van der Waals surface area contributed by atoms with Crippen molar-refractivity contribution in [3.8, 4) is 0 Å². The smallest absolute Gasteiger partial charge is 0.268 e. The van der Waals surface area contributed by atoms with Gasteiger partial charge in [0.1, 0.15) is 0 Å². The van der Waals surface area contributed by atoms with Crippen molar-refractivity contribution in [3.05, 3.63) is 87.7 Å². The second-order valence-electron chi connectivity index (χ2n) is 5.63. The number of rotatable bonds is 5. The Kier molecular flexibility index (Phi) is 5.40. The zero-order chi connectivity index (χ0) is 17.6. The van der Waals surface area contributed by atoms with Crippen molar-refractivity contribution in [2.24, 2.45) is 5.10 Å². The number of hydrogen-bond donors (Lipinski definition) is 1. The Morgan fingerprint density at radius 1 is 1.16 bits per heavy atom. The van der Waals surface area contributed by atoms with E-state index in [0.717, 1.165) is 15.6 Å². The number of halogens is 1. The van der Waals surface area contributed by atoms with E-state index in [-0.39, 0.29) is 5.91 Å². The first-order valence-electron chi connectivity index (χ1n) is 7.78. The molecule has 0 aliphatic heterocycles. The van der Waals surface area contributed by atoms with Gasteiger partial charge in [0.05, 0.1) is 12.8 Å². The second-order valence-corrected chi connectivity index (χ2v) is 6.55. The van der Waals surface area contributed by atoms with Crippen LogP contribution in [0.3, 0.4) is 0 Å². The van der Waals surface area contributed by atoms with E-state index in [9.17, 15) is 4.79 Å². The zero-order valence-corrected chi connectivity index (χ0v) is 15.3. The highest BCUT2D eigenvalue weighted by atomic mass is 79.9. The lowest BCUT2D eigenvalue weighted by Gasteiger charge is -2.02. The minimum absolute atomic E-state index is 0.332. The maximum atomic E-state index is 12.1. The lowest BCUT2D eigenvalue weighted by Crippen LogP contribution is -2.18. The molecule has 0 fully saturated rings. The summed E-state index contributed by atoms with van der Waals surface area (Å²) in [5.41, 5.74) is 6.03. The van der Waals surface area contributed by atoms with E-state index in [1.165, 1.54) is 5.56 Å². The number of benzene rings is 2. The van der Waals surface area contributed by atoms with Gasteiger partial charge in [0.2, 0.25) is 0 Å². The van der Waals surface area contributed by atoms with Crippen LogP contribution < -0.4 is 5.43 Å². The lowest BCUT2D eigenvalue weighted by molar-refractivity contribution is 0.0949. The van der Waals surface area contributed by atoms with Gasteiger partial charge in [-0.1, -0.05) is 57.9 Å². The highest BCUT2D eigenvalue weighted by Gasteiger charge is 2.08. The molecule has 6 heteroatoms. The average molecular weight is 397 g/mol. The standard InChI is InChI=1S/C19H17BrN4O/c1-14-2-4-15(5-3-14)12-21-22-19(25)18-10-11-24(23-18)13-16-6-8-17(20)9-7-16/h2-12H,13H2,1H3,(H,22,25)/b21-12+. The summed E-state index contributed by atoms with van der Waals surface area (Å²) in [6.45, 7) is 2.63. The molecule has 0 atom stereocenters. The molecule has 1 heterocycles. The van der Waals surface area contributed by atoms with Gasteiger partial charge in [-0.25, -0.2) is 5.43 Å². The maximum absolute atomic E-state index is 12.1. The van der Waals surface area contributed by atoms with Crippen LogP contribution in [0.4, 0.5) is 0 Å². The molecule has 1 aromatic heterocycles. The molecule has 0 aliphatic carbocycles. The van der Waals surface area contributed by atoms with Crippen LogP contribution in [0, 0.1) is 6.92 Å². The lowest BCUT2D eigenvalue weighted by atomic mass is 10.2. The highest BCUT2D eigenvalue weighted by Crippen LogP contribution is 2.11. The monoisotopic (exact) mass is 396 g/mol. The quantitative estimate of drug-likeness (QED) is 0.527. The number of hydrazone groups is 1. The average Bonchev–Trinajstić information content (AvgIpc) is 3.07. The van der Waals surface area contributed by atoms with Crippen LogP contribution in [-0.4, -0.2) is 21.9 Å². The SMILES string of the molecule is Cc1ccc(/C=N/NC(=O)c2ccn(Cc3ccc(Br)cc3)n2)cc1. The minimum Gasteiger partial charge on any atom is -0.268 e. The predicted octanol–water partition coefficient (Wildman–Crippen LogP) is 3.77. The van der Waals surface area contributed by atoms with E-state index < -0.39 is 0 Å². The Bertz CT molecular complexity index is 883. The third-order valence-electron chi connectivity index (χ3n) is 3.59. The predicted molar refractivity (Wildman–Crippen MR) is 102 cm³/mol. The van der Waals surface area contributed by atoms with Gasteiger partial charge in [0.15, 0.2) is 5.69 Å².